The minimum Gasteiger partial charge on any atom is -0.251 e. The van der Waals surface area contributed by atoms with Crippen LogP contribution in [0.15, 0.2) is 125 Å². The van der Waals surface area contributed by atoms with Gasteiger partial charge in [-0.3, -0.25) is 4.68 Å². The summed E-state index contributed by atoms with van der Waals surface area (Å²) >= 11 is 5.24. The van der Waals surface area contributed by atoms with Gasteiger partial charge in [0.25, 0.3) is 0 Å². The Bertz CT molecular complexity index is 1590. The van der Waals surface area contributed by atoms with E-state index in [-0.39, 0.29) is 0 Å². The van der Waals surface area contributed by atoms with Crippen LogP contribution in [0.3, 0.4) is 0 Å². The summed E-state index contributed by atoms with van der Waals surface area (Å²) in [5.74, 6) is 2.87. The van der Waals surface area contributed by atoms with Crippen molar-refractivity contribution < 1.29 is 0 Å². The number of hydrogen-bond donors (Lipinski definition) is 0. The van der Waals surface area contributed by atoms with E-state index >= 15 is 0 Å². The van der Waals surface area contributed by atoms with Gasteiger partial charge in [-0.2, -0.15) is 9.90 Å². The van der Waals surface area contributed by atoms with Gasteiger partial charge < -0.3 is 0 Å². The molecule has 0 fully saturated rings. The predicted molar refractivity (Wildman–Crippen MR) is 199 cm³/mol. The molecule has 0 radical (unpaired) electrons. The Morgan fingerprint density at radius 2 is 1.10 bits per heavy atom. The lowest BCUT2D eigenvalue weighted by molar-refractivity contribution is 0.520. The van der Waals surface area contributed by atoms with Crippen molar-refractivity contribution in [2.24, 2.45) is 0 Å². The summed E-state index contributed by atoms with van der Waals surface area (Å²) in [7, 11) is 0. The van der Waals surface area contributed by atoms with Gasteiger partial charge in [0.2, 0.25) is 0 Å². The van der Waals surface area contributed by atoms with Gasteiger partial charge in [0.1, 0.15) is 15.1 Å². The van der Waals surface area contributed by atoms with Crippen molar-refractivity contribution in [3.05, 3.63) is 126 Å². The van der Waals surface area contributed by atoms with Gasteiger partial charge in [-0.1, -0.05) is 146 Å². The Kier molecular flexibility index (Phi) is 16.9. The number of benzene rings is 3. The minimum atomic E-state index is 0.895. The third kappa shape index (κ3) is 13.7. The van der Waals surface area contributed by atoms with E-state index in [1.165, 1.54) is 16.7 Å². The molecule has 3 heterocycles. The van der Waals surface area contributed by atoms with Crippen LogP contribution in [0.5, 0.6) is 0 Å². The van der Waals surface area contributed by atoms with Gasteiger partial charge >= 0.3 is 0 Å². The number of aryl methyl sites for hydroxylation is 3. The lowest BCUT2D eigenvalue weighted by Crippen LogP contribution is -2.00. The smallest absolute Gasteiger partial charge is 0.139 e. The van der Waals surface area contributed by atoms with E-state index in [0.29, 0.717) is 0 Å². The molecule has 0 spiro atoms. The van der Waals surface area contributed by atoms with Crippen molar-refractivity contribution in [3.8, 4) is 0 Å². The molecule has 0 saturated heterocycles. The van der Waals surface area contributed by atoms with Gasteiger partial charge in [-0.25, -0.2) is 4.68 Å². The third-order valence-corrected chi connectivity index (χ3v) is 9.63. The Morgan fingerprint density at radius 3 is 1.67 bits per heavy atom. The summed E-state index contributed by atoms with van der Waals surface area (Å²) < 4.78 is 3.86. The van der Waals surface area contributed by atoms with Crippen LogP contribution in [0.25, 0.3) is 0 Å². The molecule has 0 amide bonds. The highest BCUT2D eigenvalue weighted by atomic mass is 32.2. The number of aromatic nitrogens is 9. The molecule has 48 heavy (non-hydrogen) atoms. The molecule has 0 aliphatic carbocycles. The van der Waals surface area contributed by atoms with Gasteiger partial charge in [0.15, 0.2) is 0 Å². The molecular weight excluding hydrogens is 655 g/mol. The van der Waals surface area contributed by atoms with E-state index in [4.69, 9.17) is 0 Å². The molecule has 0 atom stereocenters. The van der Waals surface area contributed by atoms with Crippen molar-refractivity contribution in [3.63, 3.8) is 0 Å². The second kappa shape index (κ2) is 21.9. The van der Waals surface area contributed by atoms with E-state index in [0.717, 1.165) is 71.2 Å². The maximum absolute atomic E-state index is 4.38. The lowest BCUT2D eigenvalue weighted by Gasteiger charge is -2.03. The molecule has 0 N–H and O–H groups in total. The molecule has 3 aromatic heterocycles. The van der Waals surface area contributed by atoms with Crippen molar-refractivity contribution in [1.29, 1.82) is 0 Å². The molecular formula is C36H45N9S3. The third-order valence-electron chi connectivity index (χ3n) is 6.62. The largest absolute Gasteiger partial charge is 0.251 e. The Hall–Kier alpha value is -3.87. The topological polar surface area (TPSA) is 92.1 Å². The van der Waals surface area contributed by atoms with E-state index in [2.05, 4.69) is 124 Å². The van der Waals surface area contributed by atoms with E-state index < -0.39 is 0 Å². The molecule has 0 bridgehead atoms. The zero-order chi connectivity index (χ0) is 33.7. The van der Waals surface area contributed by atoms with Crippen LogP contribution in [0.4, 0.5) is 0 Å². The normalized spacial score (nSPS) is 10.6. The van der Waals surface area contributed by atoms with Crippen LogP contribution in [0.2, 0.25) is 0 Å². The molecule has 0 unspecified atom stereocenters. The highest BCUT2D eigenvalue weighted by Gasteiger charge is 2.04. The fraction of sp³-hybridized carbons (Fsp3) is 0.333. The lowest BCUT2D eigenvalue weighted by atomic mass is 10.2. The van der Waals surface area contributed by atoms with Gasteiger partial charge in [-0.05, 0) is 36.0 Å². The van der Waals surface area contributed by atoms with E-state index in [1.807, 2.05) is 46.2 Å². The summed E-state index contributed by atoms with van der Waals surface area (Å²) in [6, 6.07) is 31.3. The molecule has 6 rings (SSSR count). The standard InChI is InChI=1S/3C12H15N3S/c1-2-8-15-9-12(13-14-15)16-10-11-6-4-3-5-7-11;1-2-8-15-12(9-13-14-15)16-10-11-6-4-3-5-7-11;1-2-8-15-13-9-12(14-15)16-10-11-6-4-3-5-7-11/h3*3-7,9H,2,8,10H2,1H3. The fourth-order valence-electron chi connectivity index (χ4n) is 4.26. The van der Waals surface area contributed by atoms with Crippen LogP contribution in [-0.4, -0.2) is 45.0 Å². The van der Waals surface area contributed by atoms with Crippen LogP contribution in [0, 0.1) is 0 Å². The summed E-state index contributed by atoms with van der Waals surface area (Å²) in [5, 5.41) is 27.9. The predicted octanol–water partition coefficient (Wildman–Crippen LogP) is 8.94. The highest BCUT2D eigenvalue weighted by Crippen LogP contribution is 2.22. The number of nitrogens with zero attached hydrogens (tertiary/aromatic N) is 9. The van der Waals surface area contributed by atoms with Crippen LogP contribution in [-0.2, 0) is 36.9 Å². The average Bonchev–Trinajstić information content (AvgIpc) is 3.90. The zero-order valence-corrected chi connectivity index (χ0v) is 30.5. The Morgan fingerprint density at radius 1 is 0.562 bits per heavy atom. The monoisotopic (exact) mass is 699 g/mol. The first-order valence-electron chi connectivity index (χ1n) is 16.4. The quantitative estimate of drug-likeness (QED) is 0.0975. The molecule has 0 saturated carbocycles. The Balaban J connectivity index is 0.000000163. The summed E-state index contributed by atoms with van der Waals surface area (Å²) in [6.07, 6.45) is 8.93. The Labute approximate surface area is 297 Å². The molecule has 252 valence electrons. The van der Waals surface area contributed by atoms with Crippen molar-refractivity contribution in [2.75, 3.05) is 0 Å². The first-order valence-corrected chi connectivity index (χ1v) is 19.3. The molecule has 3 aromatic carbocycles. The molecule has 6 aromatic rings. The second-order valence-corrected chi connectivity index (χ2v) is 13.7. The summed E-state index contributed by atoms with van der Waals surface area (Å²) in [6.45, 7) is 9.19. The molecule has 0 aliphatic rings. The molecule has 9 nitrogen and oxygen atoms in total. The van der Waals surface area contributed by atoms with Gasteiger partial charge in [-0.15, -0.1) is 27.1 Å². The number of thioether (sulfide) groups is 3. The van der Waals surface area contributed by atoms with Crippen LogP contribution >= 0.6 is 35.3 Å². The first kappa shape index (κ1) is 37.0. The summed E-state index contributed by atoms with van der Waals surface area (Å²) in [5.41, 5.74) is 3.96. The van der Waals surface area contributed by atoms with Crippen molar-refractivity contribution in [1.82, 2.24) is 45.0 Å². The maximum Gasteiger partial charge on any atom is 0.139 e. The SMILES string of the molecule is CCCn1cc(SCc2ccccc2)nn1.CCCn1ncc(SCc2ccccc2)n1.CCCn1nncc1SCc1ccccc1. The maximum atomic E-state index is 4.38. The highest BCUT2D eigenvalue weighted by molar-refractivity contribution is 7.98. The van der Waals surface area contributed by atoms with Gasteiger partial charge in [0.05, 0.1) is 25.1 Å². The average molecular weight is 700 g/mol. The van der Waals surface area contributed by atoms with Crippen LogP contribution in [0.1, 0.15) is 56.7 Å². The zero-order valence-electron chi connectivity index (χ0n) is 28.0. The second-order valence-electron chi connectivity index (χ2n) is 10.7. The fourth-order valence-corrected chi connectivity index (χ4v) is 6.75. The number of hydrogen-bond acceptors (Lipinski definition) is 9. The van der Waals surface area contributed by atoms with Gasteiger partial charge in [0, 0.05) is 30.3 Å². The summed E-state index contributed by atoms with van der Waals surface area (Å²) in [4.78, 5) is 1.76. The molecule has 12 heteroatoms. The number of rotatable bonds is 15. The molecule has 0 aliphatic heterocycles. The van der Waals surface area contributed by atoms with Crippen LogP contribution < -0.4 is 0 Å². The van der Waals surface area contributed by atoms with Crippen molar-refractivity contribution >= 4 is 35.3 Å². The van der Waals surface area contributed by atoms with E-state index in [1.54, 1.807) is 40.1 Å². The van der Waals surface area contributed by atoms with E-state index in [9.17, 15) is 0 Å². The minimum absolute atomic E-state index is 0.895. The van der Waals surface area contributed by atoms with Crippen molar-refractivity contribution in [2.45, 2.75) is 92.0 Å². The first-order chi connectivity index (χ1) is 23.7.